The predicted molar refractivity (Wildman–Crippen MR) is 187 cm³/mol. The minimum absolute atomic E-state index is 0.0140. The van der Waals surface area contributed by atoms with Gasteiger partial charge in [0.05, 0.1) is 17.6 Å². The number of ether oxygens (including phenoxy) is 4. The van der Waals surface area contributed by atoms with Gasteiger partial charge < -0.3 is 28.7 Å². The number of likely N-dealkylation sites (N-methyl/N-ethyl adjacent to an activating group) is 1. The van der Waals surface area contributed by atoms with E-state index in [2.05, 4.69) is 39.7 Å². The number of hydrogen-bond donors (Lipinski definition) is 0. The molecule has 2 aromatic heterocycles. The summed E-state index contributed by atoms with van der Waals surface area (Å²) in [5.41, 5.74) is -0.577. The van der Waals surface area contributed by atoms with Crippen LogP contribution in [0.2, 0.25) is 0 Å². The summed E-state index contributed by atoms with van der Waals surface area (Å²) in [7, 11) is 5.64. The third-order valence-corrected chi connectivity index (χ3v) is 11.3. The predicted octanol–water partition coefficient (Wildman–Crippen LogP) is 5.73. The molecule has 4 aromatic rings. The van der Waals surface area contributed by atoms with Gasteiger partial charge in [0.25, 0.3) is 0 Å². The number of benzene rings is 2. The fourth-order valence-corrected chi connectivity index (χ4v) is 8.48. The molecule has 10 nitrogen and oxygen atoms in total. The van der Waals surface area contributed by atoms with Crippen LogP contribution in [-0.4, -0.2) is 109 Å². The van der Waals surface area contributed by atoms with Gasteiger partial charge in [0.1, 0.15) is 53.4 Å². The number of fused-ring (bicyclic) bond motifs is 2. The molecule has 5 heterocycles. The molecular weight excluding hydrogens is 661 g/mol. The summed E-state index contributed by atoms with van der Waals surface area (Å²) in [6.45, 7) is 2.63. The number of terminal acetylenes is 1. The fraction of sp³-hybridized carbons (Fsp3) is 0.500. The highest BCUT2D eigenvalue weighted by molar-refractivity contribution is 6.04. The summed E-state index contributed by atoms with van der Waals surface area (Å²) >= 11 is 0. The second-order valence-corrected chi connectivity index (χ2v) is 14.4. The molecule has 3 aliphatic heterocycles. The zero-order valence-electron chi connectivity index (χ0n) is 29.1. The van der Waals surface area contributed by atoms with Crippen molar-refractivity contribution in [3.63, 3.8) is 0 Å². The van der Waals surface area contributed by atoms with Crippen molar-refractivity contribution in [2.24, 2.45) is 0 Å². The summed E-state index contributed by atoms with van der Waals surface area (Å²) < 4.78 is 70.7. The maximum absolute atomic E-state index is 17.4. The molecule has 51 heavy (non-hydrogen) atoms. The Bertz CT molecular complexity index is 2050. The zero-order chi connectivity index (χ0) is 35.5. The average molecular weight is 703 g/mol. The van der Waals surface area contributed by atoms with Crippen molar-refractivity contribution >= 4 is 27.5 Å². The third kappa shape index (κ3) is 5.68. The van der Waals surface area contributed by atoms with Gasteiger partial charge in [-0.1, -0.05) is 12.0 Å². The van der Waals surface area contributed by atoms with E-state index in [1.54, 1.807) is 18.2 Å². The Kier molecular flexibility index (Phi) is 8.60. The summed E-state index contributed by atoms with van der Waals surface area (Å²) in [6.07, 6.45) is 10.1. The van der Waals surface area contributed by atoms with Crippen LogP contribution < -0.4 is 19.1 Å². The smallest absolute Gasteiger partial charge is 0.319 e. The summed E-state index contributed by atoms with van der Waals surface area (Å²) in [5.74, 6) is 1.98. The van der Waals surface area contributed by atoms with Gasteiger partial charge in [-0.15, -0.1) is 6.42 Å². The Labute approximate surface area is 294 Å². The van der Waals surface area contributed by atoms with Crippen molar-refractivity contribution < 1.29 is 32.1 Å². The van der Waals surface area contributed by atoms with Crippen molar-refractivity contribution in [3.8, 4) is 41.2 Å². The van der Waals surface area contributed by atoms with E-state index in [-0.39, 0.29) is 59.8 Å². The van der Waals surface area contributed by atoms with Crippen LogP contribution in [-0.2, 0) is 4.74 Å². The standard InChI is InChI=1S/C38H41F3N6O4/c1-5-26-28(40)9-8-23-16-25(51-22-48-4)17-27(29(23)26)32-31(41)33-30-34(44-36(43-33)50-21-38-12-7-13-47(38)19-24(39)18-38)46(14-15-49-35(30)42-32)20-37(45(2)3)10-6-11-37/h1,8-9,16-17,24H,6-7,10-15,18-22H2,2-4H3/t24-,38+/m1/s1. The SMILES string of the molecule is C#Cc1c(F)ccc2cc(OCOC)cc(-c3nc4c5c(nc(OC[C@@]67CCCN6C[C@H](F)C7)nc5c3F)N(CC3(N(C)C)CCC3)CCO4)c12. The first-order valence-corrected chi connectivity index (χ1v) is 17.5. The Morgan fingerprint density at radius 1 is 1.06 bits per heavy atom. The van der Waals surface area contributed by atoms with Gasteiger partial charge in [-0.2, -0.15) is 9.97 Å². The Balaban J connectivity index is 1.32. The number of pyridine rings is 1. The van der Waals surface area contributed by atoms with Gasteiger partial charge in [-0.3, -0.25) is 4.90 Å². The lowest BCUT2D eigenvalue weighted by molar-refractivity contribution is 0.0512. The van der Waals surface area contributed by atoms with Crippen LogP contribution in [0.15, 0.2) is 24.3 Å². The van der Waals surface area contributed by atoms with E-state index in [1.807, 2.05) is 0 Å². The van der Waals surface area contributed by atoms with E-state index in [4.69, 9.17) is 35.3 Å². The van der Waals surface area contributed by atoms with E-state index in [0.717, 1.165) is 38.6 Å². The van der Waals surface area contributed by atoms with Gasteiger partial charge in [-0.05, 0) is 76.3 Å². The number of alkyl halides is 1. The lowest BCUT2D eigenvalue weighted by atomic mass is 9.75. The molecule has 2 saturated heterocycles. The quantitative estimate of drug-likeness (QED) is 0.151. The minimum Gasteiger partial charge on any atom is -0.475 e. The fourth-order valence-electron chi connectivity index (χ4n) is 8.48. The first-order valence-electron chi connectivity index (χ1n) is 17.5. The lowest BCUT2D eigenvalue weighted by Gasteiger charge is -2.49. The molecule has 0 N–H and O–H groups in total. The molecule has 1 aliphatic carbocycles. The number of methoxy groups -OCH3 is 1. The third-order valence-electron chi connectivity index (χ3n) is 11.3. The van der Waals surface area contributed by atoms with Crippen LogP contribution in [0.1, 0.15) is 44.1 Å². The average Bonchev–Trinajstić information content (AvgIpc) is 3.56. The summed E-state index contributed by atoms with van der Waals surface area (Å²) in [6, 6.07) is 6.06. The summed E-state index contributed by atoms with van der Waals surface area (Å²) in [4.78, 5) is 20.8. The van der Waals surface area contributed by atoms with Gasteiger partial charge in [0.15, 0.2) is 12.6 Å². The van der Waals surface area contributed by atoms with Crippen LogP contribution in [0, 0.1) is 24.0 Å². The van der Waals surface area contributed by atoms with E-state index in [1.165, 1.54) is 13.2 Å². The molecule has 2 atom stereocenters. The number of halogens is 3. The van der Waals surface area contributed by atoms with Crippen molar-refractivity contribution in [1.29, 1.82) is 0 Å². The van der Waals surface area contributed by atoms with Crippen molar-refractivity contribution in [3.05, 3.63) is 41.5 Å². The van der Waals surface area contributed by atoms with Crippen LogP contribution in [0.25, 0.3) is 32.9 Å². The second kappa shape index (κ2) is 13.0. The molecule has 0 amide bonds. The lowest BCUT2D eigenvalue weighted by Crippen LogP contribution is -2.57. The molecule has 268 valence electrons. The molecule has 0 spiro atoms. The molecule has 0 bridgehead atoms. The zero-order valence-corrected chi connectivity index (χ0v) is 29.1. The normalized spacial score (nSPS) is 22.5. The van der Waals surface area contributed by atoms with Gasteiger partial charge in [0.2, 0.25) is 5.88 Å². The second-order valence-electron chi connectivity index (χ2n) is 14.4. The molecule has 0 unspecified atom stereocenters. The first kappa shape index (κ1) is 33.7. The maximum Gasteiger partial charge on any atom is 0.319 e. The maximum atomic E-state index is 17.4. The monoisotopic (exact) mass is 702 g/mol. The molecule has 2 aromatic carbocycles. The van der Waals surface area contributed by atoms with Crippen LogP contribution >= 0.6 is 0 Å². The number of nitrogens with zero attached hydrogens (tertiary/aromatic N) is 6. The van der Waals surface area contributed by atoms with Crippen LogP contribution in [0.4, 0.5) is 19.0 Å². The molecule has 8 rings (SSSR count). The Morgan fingerprint density at radius 2 is 1.90 bits per heavy atom. The van der Waals surface area contributed by atoms with E-state index < -0.39 is 23.3 Å². The van der Waals surface area contributed by atoms with Crippen LogP contribution in [0.3, 0.4) is 0 Å². The molecule has 1 saturated carbocycles. The van der Waals surface area contributed by atoms with Gasteiger partial charge in [0, 0.05) is 43.1 Å². The number of aromatic nitrogens is 3. The number of anilines is 1. The molecule has 4 aliphatic rings. The largest absolute Gasteiger partial charge is 0.475 e. The van der Waals surface area contributed by atoms with Crippen molar-refractivity contribution in [2.45, 2.75) is 55.8 Å². The molecular formula is C38H41F3N6O4. The molecule has 13 heteroatoms. The molecule has 0 radical (unpaired) electrons. The minimum atomic E-state index is -0.932. The summed E-state index contributed by atoms with van der Waals surface area (Å²) in [5, 5.41) is 1.14. The van der Waals surface area contributed by atoms with E-state index in [9.17, 15) is 4.39 Å². The Hall–Kier alpha value is -4.38. The van der Waals surface area contributed by atoms with Gasteiger partial charge >= 0.3 is 6.01 Å². The van der Waals surface area contributed by atoms with E-state index in [0.29, 0.717) is 53.8 Å². The Morgan fingerprint density at radius 3 is 2.65 bits per heavy atom. The highest BCUT2D eigenvalue weighted by atomic mass is 19.1. The topological polar surface area (TPSA) is 85.3 Å². The first-order chi connectivity index (χ1) is 24.6. The van der Waals surface area contributed by atoms with Crippen LogP contribution in [0.5, 0.6) is 17.6 Å². The number of rotatable bonds is 10. The highest BCUT2D eigenvalue weighted by Gasteiger charge is 2.49. The molecule has 3 fully saturated rings. The highest BCUT2D eigenvalue weighted by Crippen LogP contribution is 2.45. The van der Waals surface area contributed by atoms with Crippen molar-refractivity contribution in [1.82, 2.24) is 24.8 Å². The van der Waals surface area contributed by atoms with Gasteiger partial charge in [-0.25, -0.2) is 18.2 Å². The number of hydrogen-bond acceptors (Lipinski definition) is 10. The van der Waals surface area contributed by atoms with Crippen molar-refractivity contribution in [2.75, 3.05) is 72.3 Å². The van der Waals surface area contributed by atoms with E-state index >= 15 is 8.78 Å².